The Kier molecular flexibility index (Phi) is 5.11. The SMILES string of the molecule is COC1(c2nc(C(C)C)c(CNC(C)(C)C)s2)CCCC1. The molecule has 0 saturated heterocycles. The van der Waals surface area contributed by atoms with E-state index in [0.717, 1.165) is 19.4 Å². The molecule has 1 aliphatic rings. The normalized spacial score (nSPS) is 18.6. The Labute approximate surface area is 133 Å². The summed E-state index contributed by atoms with van der Waals surface area (Å²) in [7, 11) is 1.84. The van der Waals surface area contributed by atoms with Crippen molar-refractivity contribution in [3.8, 4) is 0 Å². The molecule has 1 heterocycles. The van der Waals surface area contributed by atoms with Crippen molar-refractivity contribution in [3.05, 3.63) is 15.6 Å². The van der Waals surface area contributed by atoms with E-state index in [1.54, 1.807) is 0 Å². The van der Waals surface area contributed by atoms with E-state index in [-0.39, 0.29) is 11.1 Å². The van der Waals surface area contributed by atoms with Gasteiger partial charge < -0.3 is 10.1 Å². The van der Waals surface area contributed by atoms with Gasteiger partial charge in [0.05, 0.1) is 5.69 Å². The van der Waals surface area contributed by atoms with Crippen LogP contribution in [0.2, 0.25) is 0 Å². The number of hydrogen-bond donors (Lipinski definition) is 1. The van der Waals surface area contributed by atoms with Crippen LogP contribution in [0.25, 0.3) is 0 Å². The minimum atomic E-state index is -0.117. The lowest BCUT2D eigenvalue weighted by atomic mass is 10.0. The standard InChI is InChI=1S/C17H30N2OS/c1-12(2)14-13(11-18-16(3,4)5)21-15(19-14)17(20-6)9-7-8-10-17/h12,18H,7-11H2,1-6H3. The van der Waals surface area contributed by atoms with Crippen LogP contribution in [-0.2, 0) is 16.9 Å². The van der Waals surface area contributed by atoms with E-state index in [4.69, 9.17) is 9.72 Å². The number of nitrogens with zero attached hydrogens (tertiary/aromatic N) is 1. The minimum absolute atomic E-state index is 0.117. The molecule has 2 rings (SSSR count). The maximum atomic E-state index is 5.91. The van der Waals surface area contributed by atoms with Crippen molar-refractivity contribution in [2.24, 2.45) is 0 Å². The van der Waals surface area contributed by atoms with Crippen molar-refractivity contribution in [2.45, 2.75) is 83.9 Å². The molecule has 21 heavy (non-hydrogen) atoms. The van der Waals surface area contributed by atoms with Crippen molar-refractivity contribution in [1.29, 1.82) is 0 Å². The summed E-state index contributed by atoms with van der Waals surface area (Å²) in [6.45, 7) is 12.0. The number of rotatable bonds is 5. The van der Waals surface area contributed by atoms with E-state index in [9.17, 15) is 0 Å². The van der Waals surface area contributed by atoms with E-state index in [2.05, 4.69) is 39.9 Å². The van der Waals surface area contributed by atoms with Crippen LogP contribution in [0.1, 0.15) is 81.8 Å². The monoisotopic (exact) mass is 310 g/mol. The lowest BCUT2D eigenvalue weighted by molar-refractivity contribution is -0.00898. The summed E-state index contributed by atoms with van der Waals surface area (Å²) in [5.41, 5.74) is 1.26. The predicted octanol–water partition coefficient (Wildman–Crippen LogP) is 4.57. The highest BCUT2D eigenvalue weighted by Crippen LogP contribution is 2.44. The Morgan fingerprint density at radius 1 is 1.29 bits per heavy atom. The molecule has 1 aromatic rings. The Hall–Kier alpha value is -0.450. The van der Waals surface area contributed by atoms with E-state index < -0.39 is 0 Å². The molecule has 0 unspecified atom stereocenters. The molecule has 1 aliphatic carbocycles. The lowest BCUT2D eigenvalue weighted by Gasteiger charge is -2.24. The van der Waals surface area contributed by atoms with Gasteiger partial charge in [-0.3, -0.25) is 0 Å². The largest absolute Gasteiger partial charge is 0.371 e. The summed E-state index contributed by atoms with van der Waals surface area (Å²) in [5.74, 6) is 0.460. The molecule has 1 fully saturated rings. The zero-order valence-corrected chi connectivity index (χ0v) is 15.2. The second-order valence-electron chi connectivity index (χ2n) is 7.49. The van der Waals surface area contributed by atoms with Crippen LogP contribution in [-0.4, -0.2) is 17.6 Å². The van der Waals surface area contributed by atoms with E-state index in [1.165, 1.54) is 28.4 Å². The average molecular weight is 311 g/mol. The van der Waals surface area contributed by atoms with E-state index in [1.807, 2.05) is 18.4 Å². The zero-order chi connectivity index (χ0) is 15.7. The second-order valence-corrected chi connectivity index (χ2v) is 8.57. The number of methoxy groups -OCH3 is 1. The smallest absolute Gasteiger partial charge is 0.125 e. The van der Waals surface area contributed by atoms with Crippen LogP contribution in [0.5, 0.6) is 0 Å². The molecule has 4 heteroatoms. The van der Waals surface area contributed by atoms with Gasteiger partial charge in [0.2, 0.25) is 0 Å². The third-order valence-electron chi connectivity index (χ3n) is 4.25. The van der Waals surface area contributed by atoms with Gasteiger partial charge >= 0.3 is 0 Å². The number of ether oxygens (including phenoxy) is 1. The maximum Gasteiger partial charge on any atom is 0.125 e. The highest BCUT2D eigenvalue weighted by molar-refractivity contribution is 7.11. The van der Waals surface area contributed by atoms with Gasteiger partial charge in [-0.2, -0.15) is 0 Å². The van der Waals surface area contributed by atoms with Crippen LogP contribution in [0.15, 0.2) is 0 Å². The first kappa shape index (κ1) is 16.9. The van der Waals surface area contributed by atoms with Gasteiger partial charge in [-0.1, -0.05) is 26.7 Å². The first-order chi connectivity index (χ1) is 9.77. The van der Waals surface area contributed by atoms with Gasteiger partial charge in [-0.15, -0.1) is 11.3 Å². The summed E-state index contributed by atoms with van der Waals surface area (Å²) in [6.07, 6.45) is 4.72. The fourth-order valence-corrected chi connectivity index (χ4v) is 4.31. The summed E-state index contributed by atoms with van der Waals surface area (Å²) >= 11 is 1.85. The third-order valence-corrected chi connectivity index (χ3v) is 5.50. The van der Waals surface area contributed by atoms with Gasteiger partial charge in [0, 0.05) is 24.1 Å². The fourth-order valence-electron chi connectivity index (χ4n) is 2.93. The molecule has 0 aliphatic heterocycles. The minimum Gasteiger partial charge on any atom is -0.371 e. The quantitative estimate of drug-likeness (QED) is 0.865. The fraction of sp³-hybridized carbons (Fsp3) is 0.824. The van der Waals surface area contributed by atoms with Crippen molar-refractivity contribution < 1.29 is 4.74 Å². The molecule has 0 atom stereocenters. The number of thiazole rings is 1. The summed E-state index contributed by atoms with van der Waals surface area (Å²) in [4.78, 5) is 6.36. The Bertz CT molecular complexity index is 468. The molecular formula is C17H30N2OS. The van der Waals surface area contributed by atoms with Crippen LogP contribution >= 0.6 is 11.3 Å². The van der Waals surface area contributed by atoms with Crippen LogP contribution in [0.3, 0.4) is 0 Å². The highest BCUT2D eigenvalue weighted by Gasteiger charge is 2.39. The van der Waals surface area contributed by atoms with Gasteiger partial charge in [0.15, 0.2) is 0 Å². The molecule has 0 aromatic carbocycles. The van der Waals surface area contributed by atoms with Crippen molar-refractivity contribution in [2.75, 3.05) is 7.11 Å². The topological polar surface area (TPSA) is 34.1 Å². The van der Waals surface area contributed by atoms with Gasteiger partial charge in [-0.25, -0.2) is 4.98 Å². The van der Waals surface area contributed by atoms with Crippen molar-refractivity contribution >= 4 is 11.3 Å². The molecular weight excluding hydrogens is 280 g/mol. The second kappa shape index (κ2) is 6.35. The van der Waals surface area contributed by atoms with Crippen LogP contribution in [0, 0.1) is 0 Å². The molecule has 120 valence electrons. The molecule has 0 spiro atoms. The van der Waals surface area contributed by atoms with Crippen molar-refractivity contribution in [1.82, 2.24) is 10.3 Å². The summed E-state index contributed by atoms with van der Waals surface area (Å²) < 4.78 is 5.91. The Morgan fingerprint density at radius 2 is 1.90 bits per heavy atom. The molecule has 3 nitrogen and oxygen atoms in total. The van der Waals surface area contributed by atoms with E-state index in [0.29, 0.717) is 5.92 Å². The number of hydrogen-bond acceptors (Lipinski definition) is 4. The molecule has 1 aromatic heterocycles. The molecule has 1 N–H and O–H groups in total. The van der Waals surface area contributed by atoms with Crippen LogP contribution in [0.4, 0.5) is 0 Å². The van der Waals surface area contributed by atoms with E-state index >= 15 is 0 Å². The Balaban J connectivity index is 2.28. The predicted molar refractivity (Wildman–Crippen MR) is 90.0 cm³/mol. The number of nitrogens with one attached hydrogen (secondary N) is 1. The van der Waals surface area contributed by atoms with Crippen LogP contribution < -0.4 is 5.32 Å². The maximum absolute atomic E-state index is 5.91. The van der Waals surface area contributed by atoms with Crippen molar-refractivity contribution in [3.63, 3.8) is 0 Å². The average Bonchev–Trinajstić information content (AvgIpc) is 3.03. The first-order valence-corrected chi connectivity index (χ1v) is 8.89. The third kappa shape index (κ3) is 3.85. The van der Waals surface area contributed by atoms with Gasteiger partial charge in [0.1, 0.15) is 10.6 Å². The Morgan fingerprint density at radius 3 is 2.38 bits per heavy atom. The molecule has 1 saturated carbocycles. The van der Waals surface area contributed by atoms with Gasteiger partial charge in [-0.05, 0) is 39.5 Å². The number of aromatic nitrogens is 1. The first-order valence-electron chi connectivity index (χ1n) is 8.08. The molecule has 0 bridgehead atoms. The summed E-state index contributed by atoms with van der Waals surface area (Å²) in [6, 6.07) is 0. The highest BCUT2D eigenvalue weighted by atomic mass is 32.1. The summed E-state index contributed by atoms with van der Waals surface area (Å²) in [5, 5.41) is 4.79. The molecule has 0 amide bonds. The lowest BCUT2D eigenvalue weighted by Crippen LogP contribution is -2.35. The molecule has 0 radical (unpaired) electrons. The van der Waals surface area contributed by atoms with Gasteiger partial charge in [0.25, 0.3) is 0 Å². The zero-order valence-electron chi connectivity index (χ0n) is 14.4.